The predicted octanol–water partition coefficient (Wildman–Crippen LogP) is 1.40. The van der Waals surface area contributed by atoms with E-state index in [4.69, 9.17) is 0 Å². The van der Waals surface area contributed by atoms with Gasteiger partial charge in [-0.15, -0.1) is 0 Å². The molecule has 1 heterocycles. The third kappa shape index (κ3) is 4.35. The highest BCUT2D eigenvalue weighted by Gasteiger charge is 2.53. The fraction of sp³-hybridized carbons (Fsp3) is 0.933. The Morgan fingerprint density at radius 1 is 1.27 bits per heavy atom. The number of nitrogens with zero attached hydrogens (tertiary/aromatic N) is 2. The molecule has 0 bridgehead atoms. The first kappa shape index (κ1) is 19.2. The van der Waals surface area contributed by atoms with Crippen molar-refractivity contribution in [3.05, 3.63) is 0 Å². The van der Waals surface area contributed by atoms with Crippen molar-refractivity contribution in [2.75, 3.05) is 25.9 Å². The Kier molecular flexibility index (Phi) is 5.24. The summed E-state index contributed by atoms with van der Waals surface area (Å²) >= 11 is 0. The third-order valence-corrected chi connectivity index (χ3v) is 5.48. The number of rotatable bonds is 5. The van der Waals surface area contributed by atoms with Gasteiger partial charge in [0.2, 0.25) is 10.0 Å². The van der Waals surface area contributed by atoms with Gasteiger partial charge in [0.1, 0.15) is 0 Å². The first-order valence-electron chi connectivity index (χ1n) is 7.77. The molecule has 6 nitrogen and oxygen atoms in total. The van der Waals surface area contributed by atoms with Crippen molar-refractivity contribution >= 4 is 16.0 Å². The molecular weight excluding hydrogens is 300 g/mol. The van der Waals surface area contributed by atoms with Crippen LogP contribution < -0.4 is 10.0 Å². The van der Waals surface area contributed by atoms with Crippen molar-refractivity contribution in [2.24, 2.45) is 10.4 Å². The zero-order valence-electron chi connectivity index (χ0n) is 15.2. The van der Waals surface area contributed by atoms with Crippen LogP contribution in [0.2, 0.25) is 0 Å². The molecule has 1 saturated heterocycles. The molecule has 0 spiro atoms. The van der Waals surface area contributed by atoms with Gasteiger partial charge in [0.25, 0.3) is 0 Å². The van der Waals surface area contributed by atoms with Crippen molar-refractivity contribution in [3.63, 3.8) is 0 Å². The van der Waals surface area contributed by atoms with E-state index in [1.54, 1.807) is 0 Å². The quantitative estimate of drug-likeness (QED) is 0.589. The maximum Gasteiger partial charge on any atom is 0.209 e. The molecule has 0 saturated carbocycles. The number of hydrogen-bond donors (Lipinski definition) is 2. The molecule has 0 aliphatic carbocycles. The minimum Gasteiger partial charge on any atom is -0.356 e. The van der Waals surface area contributed by atoms with E-state index >= 15 is 0 Å². The molecule has 2 N–H and O–H groups in total. The van der Waals surface area contributed by atoms with Crippen LogP contribution in [0.15, 0.2) is 4.99 Å². The summed E-state index contributed by atoms with van der Waals surface area (Å²) in [6.45, 7) is 16.7. The van der Waals surface area contributed by atoms with Gasteiger partial charge in [-0.05, 0) is 34.6 Å². The molecule has 0 aromatic carbocycles. The van der Waals surface area contributed by atoms with Crippen LogP contribution in [0.25, 0.3) is 0 Å². The van der Waals surface area contributed by atoms with E-state index in [-0.39, 0.29) is 11.0 Å². The highest BCUT2D eigenvalue weighted by Crippen LogP contribution is 2.46. The number of nitrogens with one attached hydrogen (secondary N) is 2. The van der Waals surface area contributed by atoms with Crippen LogP contribution in [0.4, 0.5) is 0 Å². The molecule has 1 fully saturated rings. The summed E-state index contributed by atoms with van der Waals surface area (Å²) in [5.41, 5.74) is -0.370. The lowest BCUT2D eigenvalue weighted by atomic mass is 9.65. The maximum absolute atomic E-state index is 11.4. The molecule has 0 radical (unpaired) electrons. The van der Waals surface area contributed by atoms with E-state index in [0.717, 1.165) is 19.0 Å². The third-order valence-electron chi connectivity index (χ3n) is 4.56. The maximum atomic E-state index is 11.4. The number of hydrogen-bond acceptors (Lipinski definition) is 3. The average molecular weight is 333 g/mol. The highest BCUT2D eigenvalue weighted by molar-refractivity contribution is 7.88. The SMILES string of the molecule is CCNC(=NCC(C)(C)NS(C)(=O)=O)N1CC(C)(C)C1(C)C. The van der Waals surface area contributed by atoms with E-state index in [1.165, 1.54) is 6.26 Å². The normalized spacial score (nSPS) is 21.5. The van der Waals surface area contributed by atoms with Crippen LogP contribution in [-0.2, 0) is 10.0 Å². The van der Waals surface area contributed by atoms with Gasteiger partial charge in [0.05, 0.1) is 12.8 Å². The van der Waals surface area contributed by atoms with Gasteiger partial charge >= 0.3 is 0 Å². The summed E-state index contributed by atoms with van der Waals surface area (Å²) in [5, 5.41) is 3.31. The smallest absolute Gasteiger partial charge is 0.209 e. The average Bonchev–Trinajstić information content (AvgIpc) is 2.29. The molecule has 0 unspecified atom stereocenters. The van der Waals surface area contributed by atoms with E-state index in [1.807, 2.05) is 20.8 Å². The summed E-state index contributed by atoms with van der Waals surface area (Å²) in [7, 11) is -3.25. The summed E-state index contributed by atoms with van der Waals surface area (Å²) in [5.74, 6) is 0.843. The number of sulfonamides is 1. The van der Waals surface area contributed by atoms with Crippen molar-refractivity contribution in [1.29, 1.82) is 0 Å². The highest BCUT2D eigenvalue weighted by atomic mass is 32.2. The fourth-order valence-electron chi connectivity index (χ4n) is 2.60. The van der Waals surface area contributed by atoms with Gasteiger partial charge in [-0.3, -0.25) is 4.99 Å². The van der Waals surface area contributed by atoms with Crippen LogP contribution in [0, 0.1) is 5.41 Å². The topological polar surface area (TPSA) is 73.8 Å². The van der Waals surface area contributed by atoms with Gasteiger partial charge in [-0.1, -0.05) is 13.8 Å². The first-order valence-corrected chi connectivity index (χ1v) is 9.66. The molecule has 7 heteroatoms. The summed E-state index contributed by atoms with van der Waals surface area (Å²) < 4.78 is 25.5. The number of aliphatic imine (C=N–C) groups is 1. The van der Waals surface area contributed by atoms with Crippen molar-refractivity contribution in [2.45, 2.75) is 59.5 Å². The Morgan fingerprint density at radius 2 is 1.82 bits per heavy atom. The molecule has 1 aliphatic rings. The van der Waals surface area contributed by atoms with Crippen LogP contribution in [0.5, 0.6) is 0 Å². The molecule has 130 valence electrons. The molecule has 0 aromatic heterocycles. The standard InChI is InChI=1S/C15H32N4O2S/c1-9-16-12(19-11-13(2,3)15(19,6)7)17-10-14(4,5)18-22(8,20)21/h18H,9-11H2,1-8H3,(H,16,17). The minimum absolute atomic E-state index is 0.0163. The molecule has 22 heavy (non-hydrogen) atoms. The largest absolute Gasteiger partial charge is 0.356 e. The Balaban J connectivity index is 2.89. The Hall–Kier alpha value is -0.820. The lowest BCUT2D eigenvalue weighted by Crippen LogP contribution is -2.72. The molecule has 1 aliphatic heterocycles. The second kappa shape index (κ2) is 6.00. The van der Waals surface area contributed by atoms with Crippen LogP contribution in [-0.4, -0.2) is 56.2 Å². The van der Waals surface area contributed by atoms with E-state index in [0.29, 0.717) is 6.54 Å². The first-order chi connectivity index (χ1) is 9.72. The molecule has 0 amide bonds. The van der Waals surface area contributed by atoms with Gasteiger partial charge in [-0.25, -0.2) is 13.1 Å². The number of guanidine groups is 1. The van der Waals surface area contributed by atoms with Crippen LogP contribution in [0.3, 0.4) is 0 Å². The molecule has 0 atom stereocenters. The van der Waals surface area contributed by atoms with Crippen molar-refractivity contribution in [1.82, 2.24) is 14.9 Å². The van der Waals surface area contributed by atoms with Gasteiger partial charge in [0, 0.05) is 29.6 Å². The molecule has 1 rings (SSSR count). The predicted molar refractivity (Wildman–Crippen MR) is 92.6 cm³/mol. The van der Waals surface area contributed by atoms with E-state index in [9.17, 15) is 8.42 Å². The second-order valence-electron chi connectivity index (χ2n) is 7.96. The zero-order valence-corrected chi connectivity index (χ0v) is 16.1. The summed E-state index contributed by atoms with van der Waals surface area (Å²) in [6.07, 6.45) is 1.17. The van der Waals surface area contributed by atoms with Crippen molar-refractivity contribution < 1.29 is 8.42 Å². The Bertz CT molecular complexity index is 536. The molecule has 0 aromatic rings. The van der Waals surface area contributed by atoms with Crippen LogP contribution >= 0.6 is 0 Å². The van der Waals surface area contributed by atoms with E-state index < -0.39 is 15.6 Å². The minimum atomic E-state index is -3.25. The Labute approximate surface area is 135 Å². The second-order valence-corrected chi connectivity index (χ2v) is 9.71. The fourth-order valence-corrected chi connectivity index (χ4v) is 3.67. The van der Waals surface area contributed by atoms with Gasteiger partial charge in [0.15, 0.2) is 5.96 Å². The summed E-state index contributed by atoms with van der Waals surface area (Å²) in [6, 6.07) is 0. The van der Waals surface area contributed by atoms with Crippen molar-refractivity contribution in [3.8, 4) is 0 Å². The van der Waals surface area contributed by atoms with E-state index in [2.05, 4.69) is 47.6 Å². The van der Waals surface area contributed by atoms with Gasteiger partial charge in [-0.2, -0.15) is 0 Å². The number of likely N-dealkylation sites (tertiary alicyclic amines) is 1. The molecular formula is C15H32N4O2S. The monoisotopic (exact) mass is 332 g/mol. The lowest BCUT2D eigenvalue weighted by molar-refractivity contribution is -0.0668. The zero-order chi connectivity index (χ0) is 17.4. The Morgan fingerprint density at radius 3 is 2.18 bits per heavy atom. The van der Waals surface area contributed by atoms with Gasteiger partial charge < -0.3 is 10.2 Å². The van der Waals surface area contributed by atoms with Crippen LogP contribution in [0.1, 0.15) is 48.5 Å². The lowest BCUT2D eigenvalue weighted by Gasteiger charge is -2.62. The summed E-state index contributed by atoms with van der Waals surface area (Å²) in [4.78, 5) is 6.91.